The summed E-state index contributed by atoms with van der Waals surface area (Å²) in [7, 11) is 0. The van der Waals surface area contributed by atoms with Crippen LogP contribution in [0.4, 0.5) is 5.69 Å². The highest BCUT2D eigenvalue weighted by Crippen LogP contribution is 2.24. The number of hydrogen-bond donors (Lipinski definition) is 3. The van der Waals surface area contributed by atoms with Crippen molar-refractivity contribution < 1.29 is 15.0 Å². The first kappa shape index (κ1) is 20.1. The Kier molecular flexibility index (Phi) is 6.18. The monoisotopic (exact) mass is 420 g/mol. The molecule has 3 N–H and O–H groups in total. The van der Waals surface area contributed by atoms with Gasteiger partial charge in [-0.25, -0.2) is 4.68 Å². The van der Waals surface area contributed by atoms with Gasteiger partial charge in [-0.3, -0.25) is 4.79 Å². The van der Waals surface area contributed by atoms with E-state index in [2.05, 4.69) is 15.6 Å². The largest absolute Gasteiger partial charge is 0.508 e. The van der Waals surface area contributed by atoms with Crippen LogP contribution < -0.4 is 5.32 Å². The summed E-state index contributed by atoms with van der Waals surface area (Å²) in [6.07, 6.45) is 0.0442. The SMILES string of the molecule is Cc1c(CC(=O)Nc2ccc(O)c(CO)c2)nnn1Cc1ccc(Cl)c(Cl)c1. The number of anilines is 1. The van der Waals surface area contributed by atoms with Crippen molar-refractivity contribution in [1.82, 2.24) is 15.0 Å². The second-order valence-electron chi connectivity index (χ2n) is 6.25. The van der Waals surface area contributed by atoms with Gasteiger partial charge >= 0.3 is 0 Å². The zero-order valence-corrected chi connectivity index (χ0v) is 16.5. The number of rotatable bonds is 6. The maximum Gasteiger partial charge on any atom is 0.230 e. The third-order valence-electron chi connectivity index (χ3n) is 4.26. The summed E-state index contributed by atoms with van der Waals surface area (Å²) in [6, 6.07) is 9.83. The summed E-state index contributed by atoms with van der Waals surface area (Å²) in [6.45, 7) is 1.97. The van der Waals surface area contributed by atoms with Gasteiger partial charge < -0.3 is 15.5 Å². The number of amides is 1. The fourth-order valence-electron chi connectivity index (χ4n) is 2.67. The van der Waals surface area contributed by atoms with Gasteiger partial charge in [0.25, 0.3) is 0 Å². The molecule has 0 unspecified atom stereocenters. The second kappa shape index (κ2) is 8.60. The predicted molar refractivity (Wildman–Crippen MR) is 107 cm³/mol. The number of phenols is 1. The molecule has 146 valence electrons. The lowest BCUT2D eigenvalue weighted by atomic mass is 10.1. The molecule has 1 amide bonds. The van der Waals surface area contributed by atoms with E-state index < -0.39 is 0 Å². The number of halogens is 2. The molecule has 0 aliphatic heterocycles. The lowest BCUT2D eigenvalue weighted by Crippen LogP contribution is -2.15. The number of nitrogens with one attached hydrogen (secondary N) is 1. The van der Waals surface area contributed by atoms with Crippen LogP contribution in [0, 0.1) is 6.92 Å². The molecule has 1 heterocycles. The summed E-state index contributed by atoms with van der Waals surface area (Å²) in [5.41, 5.74) is 3.05. The van der Waals surface area contributed by atoms with E-state index in [-0.39, 0.29) is 24.7 Å². The van der Waals surface area contributed by atoms with Gasteiger partial charge in [0.05, 0.1) is 41.0 Å². The van der Waals surface area contributed by atoms with E-state index in [9.17, 15) is 15.0 Å². The number of aromatic hydroxyl groups is 1. The molecule has 0 bridgehead atoms. The zero-order valence-electron chi connectivity index (χ0n) is 15.0. The van der Waals surface area contributed by atoms with Gasteiger partial charge in [0, 0.05) is 11.3 Å². The molecule has 0 fully saturated rings. The number of aromatic nitrogens is 3. The molecule has 3 aromatic rings. The Balaban J connectivity index is 1.68. The van der Waals surface area contributed by atoms with E-state index in [1.165, 1.54) is 12.1 Å². The van der Waals surface area contributed by atoms with Crippen molar-refractivity contribution in [3.05, 3.63) is 69.0 Å². The Morgan fingerprint density at radius 3 is 2.68 bits per heavy atom. The highest BCUT2D eigenvalue weighted by atomic mass is 35.5. The zero-order chi connectivity index (χ0) is 20.3. The molecule has 0 atom stereocenters. The fourth-order valence-corrected chi connectivity index (χ4v) is 2.99. The van der Waals surface area contributed by atoms with E-state index in [0.29, 0.717) is 33.5 Å². The van der Waals surface area contributed by atoms with Gasteiger partial charge in [0.15, 0.2) is 0 Å². The van der Waals surface area contributed by atoms with Crippen LogP contribution in [0.25, 0.3) is 0 Å². The molecule has 28 heavy (non-hydrogen) atoms. The predicted octanol–water partition coefficient (Wildman–Crippen LogP) is 3.32. The maximum absolute atomic E-state index is 12.3. The molecule has 0 aliphatic carbocycles. The molecule has 0 saturated carbocycles. The van der Waals surface area contributed by atoms with Crippen molar-refractivity contribution in [2.24, 2.45) is 0 Å². The Bertz CT molecular complexity index is 1020. The molecule has 0 radical (unpaired) electrons. The summed E-state index contributed by atoms with van der Waals surface area (Å²) >= 11 is 12.0. The quantitative estimate of drug-likeness (QED) is 0.531. The van der Waals surface area contributed by atoms with Crippen molar-refractivity contribution >= 4 is 34.8 Å². The number of aliphatic hydroxyl groups excluding tert-OH is 1. The number of aliphatic hydroxyl groups is 1. The minimum absolute atomic E-state index is 0.0263. The smallest absolute Gasteiger partial charge is 0.230 e. The number of carbonyl (C=O) groups excluding carboxylic acids is 1. The molecule has 3 rings (SSSR count). The molecule has 0 saturated heterocycles. The first-order valence-corrected chi connectivity index (χ1v) is 9.18. The number of benzene rings is 2. The van der Waals surface area contributed by atoms with Crippen LogP contribution in [0.3, 0.4) is 0 Å². The highest BCUT2D eigenvalue weighted by Gasteiger charge is 2.14. The fraction of sp³-hybridized carbons (Fsp3) is 0.211. The third-order valence-corrected chi connectivity index (χ3v) is 5.00. The molecule has 9 heteroatoms. The van der Waals surface area contributed by atoms with E-state index in [0.717, 1.165) is 11.3 Å². The number of carbonyl (C=O) groups is 1. The Hall–Kier alpha value is -2.61. The molecule has 2 aromatic carbocycles. The number of hydrogen-bond acceptors (Lipinski definition) is 5. The van der Waals surface area contributed by atoms with Crippen molar-refractivity contribution in [3.63, 3.8) is 0 Å². The first-order chi connectivity index (χ1) is 13.4. The molecule has 0 aliphatic rings. The van der Waals surface area contributed by atoms with Crippen LogP contribution in [0.2, 0.25) is 10.0 Å². The Morgan fingerprint density at radius 1 is 1.18 bits per heavy atom. The summed E-state index contributed by atoms with van der Waals surface area (Å²) < 4.78 is 1.69. The molecule has 1 aromatic heterocycles. The Labute approximate surface area is 171 Å². The normalized spacial score (nSPS) is 10.9. The van der Waals surface area contributed by atoms with Crippen molar-refractivity contribution in [2.75, 3.05) is 5.32 Å². The molecule has 0 spiro atoms. The van der Waals surface area contributed by atoms with Crippen molar-refractivity contribution in [2.45, 2.75) is 26.5 Å². The topological polar surface area (TPSA) is 100 Å². The highest BCUT2D eigenvalue weighted by molar-refractivity contribution is 6.42. The maximum atomic E-state index is 12.3. The second-order valence-corrected chi connectivity index (χ2v) is 7.07. The van der Waals surface area contributed by atoms with Crippen LogP contribution in [-0.2, 0) is 24.4 Å². The van der Waals surface area contributed by atoms with Gasteiger partial charge in [0.2, 0.25) is 5.91 Å². The van der Waals surface area contributed by atoms with Gasteiger partial charge in [-0.1, -0.05) is 34.5 Å². The Morgan fingerprint density at radius 2 is 1.96 bits per heavy atom. The number of nitrogens with zero attached hydrogens (tertiary/aromatic N) is 3. The standard InChI is InChI=1S/C19H18Cl2N4O3/c1-11-17(8-19(28)22-14-3-5-18(27)13(7-14)10-26)23-24-25(11)9-12-2-4-15(20)16(21)6-12/h2-7,26-27H,8-10H2,1H3,(H,22,28). The van der Waals surface area contributed by atoms with Crippen LogP contribution in [0.5, 0.6) is 5.75 Å². The van der Waals surface area contributed by atoms with Crippen LogP contribution in [0.15, 0.2) is 36.4 Å². The van der Waals surface area contributed by atoms with Crippen LogP contribution in [-0.4, -0.2) is 31.1 Å². The van der Waals surface area contributed by atoms with Gasteiger partial charge in [-0.05, 0) is 42.8 Å². The molecular formula is C19H18Cl2N4O3. The van der Waals surface area contributed by atoms with Crippen LogP contribution >= 0.6 is 23.2 Å². The van der Waals surface area contributed by atoms with E-state index in [1.807, 2.05) is 13.0 Å². The lowest BCUT2D eigenvalue weighted by molar-refractivity contribution is -0.115. The van der Waals surface area contributed by atoms with Crippen molar-refractivity contribution in [3.8, 4) is 5.75 Å². The first-order valence-electron chi connectivity index (χ1n) is 8.43. The summed E-state index contributed by atoms with van der Waals surface area (Å²) in [4.78, 5) is 12.3. The summed E-state index contributed by atoms with van der Waals surface area (Å²) in [5, 5.41) is 30.7. The summed E-state index contributed by atoms with van der Waals surface area (Å²) in [5.74, 6) is -0.305. The van der Waals surface area contributed by atoms with Gasteiger partial charge in [0.1, 0.15) is 5.75 Å². The molecule has 7 nitrogen and oxygen atoms in total. The van der Waals surface area contributed by atoms with Crippen LogP contribution in [0.1, 0.15) is 22.5 Å². The van der Waals surface area contributed by atoms with Gasteiger partial charge in [-0.2, -0.15) is 0 Å². The van der Waals surface area contributed by atoms with Crippen molar-refractivity contribution in [1.29, 1.82) is 0 Å². The lowest BCUT2D eigenvalue weighted by Gasteiger charge is -2.08. The molecular weight excluding hydrogens is 403 g/mol. The van der Waals surface area contributed by atoms with E-state index in [4.69, 9.17) is 23.2 Å². The van der Waals surface area contributed by atoms with E-state index >= 15 is 0 Å². The minimum Gasteiger partial charge on any atom is -0.508 e. The van der Waals surface area contributed by atoms with Gasteiger partial charge in [-0.15, -0.1) is 5.10 Å². The minimum atomic E-state index is -0.322. The average molecular weight is 421 g/mol. The third kappa shape index (κ3) is 4.62. The van der Waals surface area contributed by atoms with E-state index in [1.54, 1.807) is 22.9 Å². The average Bonchev–Trinajstić information content (AvgIpc) is 2.99.